The van der Waals surface area contributed by atoms with Gasteiger partial charge in [0.1, 0.15) is 6.54 Å². The molecule has 1 rings (SSSR count). The predicted molar refractivity (Wildman–Crippen MR) is 77.7 cm³/mol. The van der Waals surface area contributed by atoms with Gasteiger partial charge in [-0.1, -0.05) is 30.3 Å². The van der Waals surface area contributed by atoms with E-state index in [-0.39, 0.29) is 24.9 Å². The fourth-order valence-electron chi connectivity index (χ4n) is 1.83. The van der Waals surface area contributed by atoms with Gasteiger partial charge in [0.2, 0.25) is 11.8 Å². The standard InChI is InChI=1S/C15H20N2O4/c1-12(18)17(9-8-13-6-4-3-5-7-13)10-14(19)16(2)11-15(20)21/h3-7H,8-11H2,1-2H3,(H,20,21). The van der Waals surface area contributed by atoms with Crippen molar-refractivity contribution in [3.8, 4) is 0 Å². The van der Waals surface area contributed by atoms with E-state index in [4.69, 9.17) is 5.11 Å². The Hall–Kier alpha value is -2.37. The van der Waals surface area contributed by atoms with Crippen LogP contribution < -0.4 is 0 Å². The quantitative estimate of drug-likeness (QED) is 0.799. The van der Waals surface area contributed by atoms with E-state index in [1.54, 1.807) is 0 Å². The van der Waals surface area contributed by atoms with Crippen LogP contribution in [0.25, 0.3) is 0 Å². The molecule has 0 fully saturated rings. The van der Waals surface area contributed by atoms with Crippen LogP contribution in [0.1, 0.15) is 12.5 Å². The lowest BCUT2D eigenvalue weighted by molar-refractivity contribution is -0.145. The van der Waals surface area contributed by atoms with Crippen molar-refractivity contribution in [3.05, 3.63) is 35.9 Å². The number of likely N-dealkylation sites (N-methyl/N-ethyl adjacent to an activating group) is 1. The highest BCUT2D eigenvalue weighted by Gasteiger charge is 2.18. The van der Waals surface area contributed by atoms with Crippen LogP contribution in [0.3, 0.4) is 0 Å². The van der Waals surface area contributed by atoms with Crippen molar-refractivity contribution in [2.75, 3.05) is 26.7 Å². The molecule has 6 nitrogen and oxygen atoms in total. The van der Waals surface area contributed by atoms with Gasteiger partial charge in [-0.25, -0.2) is 0 Å². The number of aliphatic carboxylic acids is 1. The molecule has 0 bridgehead atoms. The molecule has 0 aromatic heterocycles. The Labute approximate surface area is 124 Å². The second kappa shape index (κ2) is 8.04. The normalized spacial score (nSPS) is 10.0. The number of carbonyl (C=O) groups is 3. The molecule has 21 heavy (non-hydrogen) atoms. The molecule has 114 valence electrons. The van der Waals surface area contributed by atoms with Gasteiger partial charge in [0.05, 0.1) is 6.54 Å². The molecule has 2 amide bonds. The van der Waals surface area contributed by atoms with Crippen LogP contribution in [-0.4, -0.2) is 59.4 Å². The molecule has 6 heteroatoms. The topological polar surface area (TPSA) is 77.9 Å². The maximum atomic E-state index is 11.9. The number of hydrogen-bond acceptors (Lipinski definition) is 3. The molecule has 0 unspecified atom stereocenters. The minimum Gasteiger partial charge on any atom is -0.480 e. The van der Waals surface area contributed by atoms with E-state index in [2.05, 4.69) is 0 Å². The number of amides is 2. The molecule has 0 heterocycles. The van der Waals surface area contributed by atoms with E-state index >= 15 is 0 Å². The average molecular weight is 292 g/mol. The molecule has 0 aliphatic rings. The molecule has 0 spiro atoms. The second-order valence-electron chi connectivity index (χ2n) is 4.82. The molecule has 0 saturated heterocycles. The monoisotopic (exact) mass is 292 g/mol. The van der Waals surface area contributed by atoms with Gasteiger partial charge in [-0.05, 0) is 12.0 Å². The fraction of sp³-hybridized carbons (Fsp3) is 0.400. The van der Waals surface area contributed by atoms with Gasteiger partial charge in [0.25, 0.3) is 0 Å². The lowest BCUT2D eigenvalue weighted by Crippen LogP contribution is -2.43. The molecule has 1 N–H and O–H groups in total. The van der Waals surface area contributed by atoms with E-state index in [0.717, 1.165) is 10.5 Å². The number of carboxylic acid groups (broad SMARTS) is 1. The molecule has 1 aromatic carbocycles. The summed E-state index contributed by atoms with van der Waals surface area (Å²) in [6, 6.07) is 9.66. The van der Waals surface area contributed by atoms with Crippen molar-refractivity contribution in [3.63, 3.8) is 0 Å². The highest BCUT2D eigenvalue weighted by molar-refractivity contribution is 5.86. The first-order valence-electron chi connectivity index (χ1n) is 6.65. The lowest BCUT2D eigenvalue weighted by atomic mass is 10.1. The van der Waals surface area contributed by atoms with Gasteiger partial charge >= 0.3 is 5.97 Å². The Morgan fingerprint density at radius 2 is 1.71 bits per heavy atom. The summed E-state index contributed by atoms with van der Waals surface area (Å²) in [5.41, 5.74) is 1.08. The van der Waals surface area contributed by atoms with Crippen molar-refractivity contribution >= 4 is 17.8 Å². The fourth-order valence-corrected chi connectivity index (χ4v) is 1.83. The van der Waals surface area contributed by atoms with Crippen LogP contribution in [-0.2, 0) is 20.8 Å². The SMILES string of the molecule is CC(=O)N(CCc1ccccc1)CC(=O)N(C)CC(=O)O. The summed E-state index contributed by atoms with van der Waals surface area (Å²) in [6.07, 6.45) is 0.649. The van der Waals surface area contributed by atoms with Crippen LogP contribution >= 0.6 is 0 Å². The summed E-state index contributed by atoms with van der Waals surface area (Å²) in [7, 11) is 1.41. The van der Waals surface area contributed by atoms with Crippen LogP contribution in [0.4, 0.5) is 0 Å². The molecule has 0 atom stereocenters. The van der Waals surface area contributed by atoms with E-state index in [9.17, 15) is 14.4 Å². The lowest BCUT2D eigenvalue weighted by Gasteiger charge is -2.23. The van der Waals surface area contributed by atoms with Crippen molar-refractivity contribution < 1.29 is 19.5 Å². The highest BCUT2D eigenvalue weighted by Crippen LogP contribution is 2.02. The van der Waals surface area contributed by atoms with E-state index in [1.165, 1.54) is 18.9 Å². The zero-order valence-electron chi connectivity index (χ0n) is 12.3. The Bertz CT molecular complexity index is 502. The third kappa shape index (κ3) is 6.07. The Morgan fingerprint density at radius 1 is 1.10 bits per heavy atom. The Morgan fingerprint density at radius 3 is 2.24 bits per heavy atom. The Kier molecular flexibility index (Phi) is 6.39. The zero-order chi connectivity index (χ0) is 15.8. The first-order valence-corrected chi connectivity index (χ1v) is 6.65. The van der Waals surface area contributed by atoms with Crippen molar-refractivity contribution in [1.82, 2.24) is 9.80 Å². The summed E-state index contributed by atoms with van der Waals surface area (Å²) < 4.78 is 0. The Balaban J connectivity index is 2.55. The number of carbonyl (C=O) groups excluding carboxylic acids is 2. The third-order valence-electron chi connectivity index (χ3n) is 3.08. The van der Waals surface area contributed by atoms with Gasteiger partial charge in [-0.2, -0.15) is 0 Å². The van der Waals surface area contributed by atoms with Crippen LogP contribution in [0.5, 0.6) is 0 Å². The minimum atomic E-state index is -1.08. The van der Waals surface area contributed by atoms with Gasteiger partial charge in [-0.3, -0.25) is 14.4 Å². The van der Waals surface area contributed by atoms with Crippen molar-refractivity contribution in [1.29, 1.82) is 0 Å². The number of rotatable bonds is 7. The second-order valence-corrected chi connectivity index (χ2v) is 4.82. The van der Waals surface area contributed by atoms with Crippen LogP contribution in [0, 0.1) is 0 Å². The summed E-state index contributed by atoms with van der Waals surface area (Å²) in [5.74, 6) is -1.67. The largest absolute Gasteiger partial charge is 0.480 e. The number of carboxylic acids is 1. The van der Waals surface area contributed by atoms with Gasteiger partial charge in [0.15, 0.2) is 0 Å². The van der Waals surface area contributed by atoms with Crippen LogP contribution in [0.2, 0.25) is 0 Å². The number of hydrogen-bond donors (Lipinski definition) is 1. The summed E-state index contributed by atoms with van der Waals surface area (Å²) >= 11 is 0. The zero-order valence-corrected chi connectivity index (χ0v) is 12.3. The van der Waals surface area contributed by atoms with Crippen molar-refractivity contribution in [2.45, 2.75) is 13.3 Å². The smallest absolute Gasteiger partial charge is 0.323 e. The number of nitrogens with zero attached hydrogens (tertiary/aromatic N) is 2. The van der Waals surface area contributed by atoms with Gasteiger partial charge in [-0.15, -0.1) is 0 Å². The van der Waals surface area contributed by atoms with E-state index in [1.807, 2.05) is 30.3 Å². The summed E-state index contributed by atoms with van der Waals surface area (Å²) in [5, 5.41) is 8.65. The highest BCUT2D eigenvalue weighted by atomic mass is 16.4. The predicted octanol–water partition coefficient (Wildman–Crippen LogP) is 0.621. The van der Waals surface area contributed by atoms with E-state index in [0.29, 0.717) is 13.0 Å². The van der Waals surface area contributed by atoms with Gasteiger partial charge in [0, 0.05) is 20.5 Å². The molecular formula is C15H20N2O4. The molecular weight excluding hydrogens is 272 g/mol. The van der Waals surface area contributed by atoms with Crippen LogP contribution in [0.15, 0.2) is 30.3 Å². The maximum absolute atomic E-state index is 11.9. The molecule has 0 aliphatic heterocycles. The molecule has 1 aromatic rings. The summed E-state index contributed by atoms with van der Waals surface area (Å²) in [4.78, 5) is 36.6. The van der Waals surface area contributed by atoms with Gasteiger partial charge < -0.3 is 14.9 Å². The van der Waals surface area contributed by atoms with Crippen molar-refractivity contribution in [2.24, 2.45) is 0 Å². The number of benzene rings is 1. The molecule has 0 aliphatic carbocycles. The van der Waals surface area contributed by atoms with E-state index < -0.39 is 5.97 Å². The summed E-state index contributed by atoms with van der Waals surface area (Å²) in [6.45, 7) is 1.34. The molecule has 0 saturated carbocycles. The minimum absolute atomic E-state index is 0.105. The third-order valence-corrected chi connectivity index (χ3v) is 3.08. The maximum Gasteiger partial charge on any atom is 0.323 e. The average Bonchev–Trinajstić information content (AvgIpc) is 2.43. The molecule has 0 radical (unpaired) electrons. The first-order chi connectivity index (χ1) is 9.90. The first kappa shape index (κ1) is 16.7.